The Bertz CT molecular complexity index is 276. The van der Waals surface area contributed by atoms with E-state index in [4.69, 9.17) is 0 Å². The zero-order valence-corrected chi connectivity index (χ0v) is 12.8. The van der Waals surface area contributed by atoms with E-state index >= 15 is 0 Å². The molecule has 0 radical (unpaired) electrons. The Labute approximate surface area is 114 Å². The Morgan fingerprint density at radius 2 is 1.83 bits per heavy atom. The van der Waals surface area contributed by atoms with E-state index in [1.54, 1.807) is 0 Å². The normalized spacial score (nSPS) is 26.4. The molecule has 1 N–H and O–H groups in total. The van der Waals surface area contributed by atoms with Crippen LogP contribution in [0.15, 0.2) is 24.9 Å². The van der Waals surface area contributed by atoms with Crippen molar-refractivity contribution >= 4 is 0 Å². The van der Waals surface area contributed by atoms with Crippen LogP contribution in [0.5, 0.6) is 0 Å². The summed E-state index contributed by atoms with van der Waals surface area (Å²) in [6.07, 6.45) is 8.49. The van der Waals surface area contributed by atoms with Crippen molar-refractivity contribution in [1.82, 2.24) is 5.32 Å². The molecule has 0 aromatic rings. The highest BCUT2D eigenvalue weighted by atomic mass is 14.9. The van der Waals surface area contributed by atoms with Gasteiger partial charge >= 0.3 is 0 Å². The molecule has 18 heavy (non-hydrogen) atoms. The summed E-state index contributed by atoms with van der Waals surface area (Å²) in [5, 5.41) is 3.60. The first-order chi connectivity index (χ1) is 8.31. The van der Waals surface area contributed by atoms with E-state index in [1.807, 2.05) is 0 Å². The van der Waals surface area contributed by atoms with Crippen molar-refractivity contribution in [2.75, 3.05) is 0 Å². The molecule has 0 heterocycles. The van der Waals surface area contributed by atoms with Gasteiger partial charge in [0, 0.05) is 11.7 Å². The van der Waals surface area contributed by atoms with Gasteiger partial charge in [0.15, 0.2) is 0 Å². The standard InChI is InChI=1S/C17H31N/c1-7-16(15-10-8-13(2)9-11-15)18-14(3)12-17(4,5)6/h7,13,15-16,18H,1,3,8-12H2,2,4-6H3. The first kappa shape index (κ1) is 15.3. The van der Waals surface area contributed by atoms with Crippen molar-refractivity contribution in [1.29, 1.82) is 0 Å². The van der Waals surface area contributed by atoms with Gasteiger partial charge in [-0.25, -0.2) is 0 Å². The number of rotatable bonds is 5. The second kappa shape index (κ2) is 6.45. The van der Waals surface area contributed by atoms with Crippen LogP contribution in [0.1, 0.15) is 59.8 Å². The molecule has 0 spiro atoms. The molecule has 0 amide bonds. The van der Waals surface area contributed by atoms with Crippen molar-refractivity contribution < 1.29 is 0 Å². The van der Waals surface area contributed by atoms with Gasteiger partial charge in [-0.15, -0.1) is 6.58 Å². The molecule has 0 aromatic heterocycles. The van der Waals surface area contributed by atoms with Crippen LogP contribution in [0.2, 0.25) is 0 Å². The van der Waals surface area contributed by atoms with Crippen LogP contribution in [-0.2, 0) is 0 Å². The van der Waals surface area contributed by atoms with Crippen LogP contribution >= 0.6 is 0 Å². The Morgan fingerprint density at radius 3 is 2.28 bits per heavy atom. The fourth-order valence-electron chi connectivity index (χ4n) is 2.94. The monoisotopic (exact) mass is 249 g/mol. The van der Waals surface area contributed by atoms with E-state index in [0.717, 1.165) is 24.0 Å². The molecule has 104 valence electrons. The van der Waals surface area contributed by atoms with E-state index in [-0.39, 0.29) is 0 Å². The van der Waals surface area contributed by atoms with Gasteiger partial charge in [-0.05, 0) is 36.5 Å². The van der Waals surface area contributed by atoms with E-state index in [9.17, 15) is 0 Å². The average molecular weight is 249 g/mol. The highest BCUT2D eigenvalue weighted by molar-refractivity contribution is 5.03. The summed E-state index contributed by atoms with van der Waals surface area (Å²) in [6.45, 7) is 17.3. The second-order valence-electron chi connectivity index (χ2n) is 7.27. The minimum Gasteiger partial charge on any atom is -0.382 e. The predicted octanol–water partition coefficient (Wildman–Crippen LogP) is 4.91. The quantitative estimate of drug-likeness (QED) is 0.683. The molecule has 0 bridgehead atoms. The molecule has 0 aliphatic heterocycles. The molecule has 0 saturated heterocycles. The van der Waals surface area contributed by atoms with Gasteiger partial charge in [-0.1, -0.05) is 53.2 Å². The van der Waals surface area contributed by atoms with E-state index in [0.29, 0.717) is 11.5 Å². The van der Waals surface area contributed by atoms with Crippen molar-refractivity contribution in [2.24, 2.45) is 17.3 Å². The lowest BCUT2D eigenvalue weighted by atomic mass is 9.79. The molecule has 1 saturated carbocycles. The summed E-state index contributed by atoms with van der Waals surface area (Å²) in [7, 11) is 0. The molecule has 1 unspecified atom stereocenters. The molecular weight excluding hydrogens is 218 g/mol. The summed E-state index contributed by atoms with van der Waals surface area (Å²) in [6, 6.07) is 0.410. The number of allylic oxidation sites excluding steroid dienone is 1. The average Bonchev–Trinajstić information content (AvgIpc) is 2.25. The Morgan fingerprint density at radius 1 is 1.28 bits per heavy atom. The SMILES string of the molecule is C=CC(NC(=C)CC(C)(C)C)C1CCC(C)CC1. The third-order valence-corrected chi connectivity index (χ3v) is 3.94. The smallest absolute Gasteiger partial charge is 0.0466 e. The predicted molar refractivity (Wildman–Crippen MR) is 81.5 cm³/mol. The topological polar surface area (TPSA) is 12.0 Å². The summed E-state index contributed by atoms with van der Waals surface area (Å²) in [5.74, 6) is 1.65. The minimum absolute atomic E-state index is 0.302. The molecule has 1 aliphatic carbocycles. The van der Waals surface area contributed by atoms with Crippen LogP contribution in [0.3, 0.4) is 0 Å². The summed E-state index contributed by atoms with van der Waals surface area (Å²) < 4.78 is 0. The maximum Gasteiger partial charge on any atom is 0.0466 e. The number of hydrogen-bond acceptors (Lipinski definition) is 1. The van der Waals surface area contributed by atoms with Crippen LogP contribution in [0.4, 0.5) is 0 Å². The number of hydrogen-bond donors (Lipinski definition) is 1. The summed E-state index contributed by atoms with van der Waals surface area (Å²) in [4.78, 5) is 0. The van der Waals surface area contributed by atoms with Gasteiger partial charge in [0.25, 0.3) is 0 Å². The van der Waals surface area contributed by atoms with Gasteiger partial charge in [-0.3, -0.25) is 0 Å². The van der Waals surface area contributed by atoms with E-state index in [1.165, 1.54) is 25.7 Å². The molecule has 1 aliphatic rings. The Hall–Kier alpha value is -0.720. The first-order valence-electron chi connectivity index (χ1n) is 7.38. The van der Waals surface area contributed by atoms with Crippen molar-refractivity contribution in [3.05, 3.63) is 24.9 Å². The fraction of sp³-hybridized carbons (Fsp3) is 0.765. The van der Waals surface area contributed by atoms with E-state index < -0.39 is 0 Å². The molecular formula is C17H31N. The van der Waals surface area contributed by atoms with Crippen molar-refractivity contribution in [2.45, 2.75) is 65.8 Å². The second-order valence-corrected chi connectivity index (χ2v) is 7.27. The first-order valence-corrected chi connectivity index (χ1v) is 7.38. The van der Waals surface area contributed by atoms with Gasteiger partial charge in [0.2, 0.25) is 0 Å². The van der Waals surface area contributed by atoms with Crippen LogP contribution < -0.4 is 5.32 Å². The molecule has 0 aromatic carbocycles. The molecule has 1 rings (SSSR count). The zero-order chi connectivity index (χ0) is 13.8. The third kappa shape index (κ3) is 5.29. The Kier molecular flexibility index (Phi) is 5.49. The molecule has 1 atom stereocenters. The lowest BCUT2D eigenvalue weighted by Gasteiger charge is -2.33. The van der Waals surface area contributed by atoms with Crippen LogP contribution in [0.25, 0.3) is 0 Å². The largest absolute Gasteiger partial charge is 0.382 e. The van der Waals surface area contributed by atoms with Gasteiger partial charge in [-0.2, -0.15) is 0 Å². The van der Waals surface area contributed by atoms with Crippen LogP contribution in [-0.4, -0.2) is 6.04 Å². The molecule has 1 fully saturated rings. The van der Waals surface area contributed by atoms with Crippen LogP contribution in [0, 0.1) is 17.3 Å². The minimum atomic E-state index is 0.302. The van der Waals surface area contributed by atoms with E-state index in [2.05, 4.69) is 52.2 Å². The lowest BCUT2D eigenvalue weighted by molar-refractivity contribution is 0.256. The maximum atomic E-state index is 4.18. The molecule has 1 nitrogen and oxygen atoms in total. The van der Waals surface area contributed by atoms with Crippen molar-refractivity contribution in [3.8, 4) is 0 Å². The maximum absolute atomic E-state index is 4.18. The number of nitrogens with one attached hydrogen (secondary N) is 1. The summed E-state index contributed by atoms with van der Waals surface area (Å²) >= 11 is 0. The van der Waals surface area contributed by atoms with Crippen molar-refractivity contribution in [3.63, 3.8) is 0 Å². The van der Waals surface area contributed by atoms with Gasteiger partial charge in [0.1, 0.15) is 0 Å². The van der Waals surface area contributed by atoms with Gasteiger partial charge < -0.3 is 5.32 Å². The Balaban J connectivity index is 2.46. The highest BCUT2D eigenvalue weighted by Crippen LogP contribution is 2.31. The van der Waals surface area contributed by atoms with Gasteiger partial charge in [0.05, 0.1) is 0 Å². The fourth-order valence-corrected chi connectivity index (χ4v) is 2.94. The molecule has 1 heteroatoms. The third-order valence-electron chi connectivity index (χ3n) is 3.94. The zero-order valence-electron chi connectivity index (χ0n) is 12.8. The summed E-state index contributed by atoms with van der Waals surface area (Å²) in [5.41, 5.74) is 1.46. The lowest BCUT2D eigenvalue weighted by Crippen LogP contribution is -2.36. The highest BCUT2D eigenvalue weighted by Gasteiger charge is 2.25.